The quantitative estimate of drug-likeness (QED) is 0.596. The van der Waals surface area contributed by atoms with E-state index in [9.17, 15) is 0 Å². The van der Waals surface area contributed by atoms with Gasteiger partial charge in [0.2, 0.25) is 0 Å². The zero-order chi connectivity index (χ0) is 11.2. The van der Waals surface area contributed by atoms with Crippen molar-refractivity contribution in [2.24, 2.45) is 0 Å². The van der Waals surface area contributed by atoms with Crippen molar-refractivity contribution in [2.75, 3.05) is 6.61 Å². The van der Waals surface area contributed by atoms with Gasteiger partial charge in [0, 0.05) is 6.07 Å². The van der Waals surface area contributed by atoms with Crippen LogP contribution in [0.15, 0.2) is 46.1 Å². The van der Waals surface area contributed by atoms with E-state index in [0.29, 0.717) is 0 Å². The Hall–Kier alpha value is -1.15. The first-order valence-electron chi connectivity index (χ1n) is 5.68. The van der Waals surface area contributed by atoms with E-state index in [1.54, 1.807) is 0 Å². The standard InChI is InChI=1S/C14H17OS/c1-2-3-9-15-13-7-6-8-14(12-13)16-10-4-5-11-16/h4-6,8,10-12,16H,2-3,9H2,1H3. The molecule has 1 aromatic rings. The van der Waals surface area contributed by atoms with E-state index >= 15 is 0 Å². The van der Waals surface area contributed by atoms with Crippen LogP contribution in [0.5, 0.6) is 5.75 Å². The number of rotatable bonds is 5. The molecule has 1 aromatic carbocycles. The van der Waals surface area contributed by atoms with Gasteiger partial charge in [0.25, 0.3) is 0 Å². The van der Waals surface area contributed by atoms with Gasteiger partial charge in [-0.05, 0) is 40.3 Å². The molecule has 1 aliphatic heterocycles. The molecule has 2 rings (SSSR count). The van der Waals surface area contributed by atoms with Crippen LogP contribution in [0.3, 0.4) is 0 Å². The Bertz CT molecular complexity index is 383. The van der Waals surface area contributed by atoms with Crippen LogP contribution < -0.4 is 4.74 Å². The van der Waals surface area contributed by atoms with E-state index in [0.717, 1.165) is 25.2 Å². The summed E-state index contributed by atoms with van der Waals surface area (Å²) in [6.45, 7) is 2.96. The van der Waals surface area contributed by atoms with E-state index in [2.05, 4.69) is 48.1 Å². The van der Waals surface area contributed by atoms with Crippen LogP contribution in [0.4, 0.5) is 0 Å². The molecule has 0 spiro atoms. The molecular formula is C14H17OS. The van der Waals surface area contributed by atoms with E-state index in [-0.39, 0.29) is 10.9 Å². The third-order valence-corrected chi connectivity index (χ3v) is 4.28. The molecule has 1 aliphatic rings. The number of benzene rings is 1. The molecule has 0 amide bonds. The van der Waals surface area contributed by atoms with E-state index in [1.807, 2.05) is 6.07 Å². The fourth-order valence-corrected chi connectivity index (χ4v) is 3.04. The third-order valence-electron chi connectivity index (χ3n) is 2.42. The lowest BCUT2D eigenvalue weighted by atomic mass is 10.3. The fourth-order valence-electron chi connectivity index (χ4n) is 1.51. The first-order chi connectivity index (χ1) is 7.90. The smallest absolute Gasteiger partial charge is 0.128 e. The summed E-state index contributed by atoms with van der Waals surface area (Å²) >= 11 is 0. The summed E-state index contributed by atoms with van der Waals surface area (Å²) in [7, 11) is -0.236. The highest BCUT2D eigenvalue weighted by atomic mass is 32.2. The maximum atomic E-state index is 5.65. The van der Waals surface area contributed by atoms with Gasteiger partial charge < -0.3 is 4.74 Å². The molecule has 0 N–H and O–H groups in total. The first-order valence-corrected chi connectivity index (χ1v) is 7.16. The van der Waals surface area contributed by atoms with Crippen molar-refractivity contribution in [1.29, 1.82) is 0 Å². The molecule has 0 saturated heterocycles. The van der Waals surface area contributed by atoms with Gasteiger partial charge in [0.1, 0.15) is 5.75 Å². The van der Waals surface area contributed by atoms with Crippen LogP contribution in [0.1, 0.15) is 19.8 Å². The van der Waals surface area contributed by atoms with Crippen molar-refractivity contribution in [3.63, 3.8) is 0 Å². The lowest BCUT2D eigenvalue weighted by Gasteiger charge is -2.12. The van der Waals surface area contributed by atoms with E-state index < -0.39 is 0 Å². The van der Waals surface area contributed by atoms with Crippen LogP contribution in [0.2, 0.25) is 0 Å². The second kappa shape index (κ2) is 5.80. The number of hydrogen-bond donors (Lipinski definition) is 1. The molecule has 0 bridgehead atoms. The normalized spacial score (nSPS) is 15.7. The second-order valence-electron chi connectivity index (χ2n) is 3.70. The number of unbranched alkanes of at least 4 members (excludes halogenated alkanes) is 1. The van der Waals surface area contributed by atoms with Crippen molar-refractivity contribution < 1.29 is 4.74 Å². The Balaban J connectivity index is 2.01. The number of thiol groups is 1. The Kier molecular flexibility index (Phi) is 4.11. The average Bonchev–Trinajstić information content (AvgIpc) is 2.83. The third kappa shape index (κ3) is 2.92. The van der Waals surface area contributed by atoms with E-state index in [4.69, 9.17) is 4.74 Å². The van der Waals surface area contributed by atoms with Gasteiger partial charge in [-0.15, -0.1) is 0 Å². The van der Waals surface area contributed by atoms with Gasteiger partial charge in [-0.3, -0.25) is 0 Å². The van der Waals surface area contributed by atoms with Gasteiger partial charge in [-0.2, -0.15) is 10.9 Å². The minimum Gasteiger partial charge on any atom is -0.493 e. The van der Waals surface area contributed by atoms with Crippen molar-refractivity contribution in [1.82, 2.24) is 0 Å². The summed E-state index contributed by atoms with van der Waals surface area (Å²) in [5.41, 5.74) is 0. The molecule has 0 unspecified atom stereocenters. The predicted octanol–water partition coefficient (Wildman–Crippen LogP) is 4.07. The maximum Gasteiger partial charge on any atom is 0.128 e. The number of allylic oxidation sites excluding steroid dienone is 2. The summed E-state index contributed by atoms with van der Waals surface area (Å²) in [5.74, 6) is 0.877. The molecule has 1 heterocycles. The average molecular weight is 233 g/mol. The fraction of sp³-hybridized carbons (Fsp3) is 0.286. The minimum absolute atomic E-state index is 0.236. The highest BCUT2D eigenvalue weighted by molar-refractivity contribution is 8.22. The molecule has 1 nitrogen and oxygen atoms in total. The summed E-state index contributed by atoms with van der Waals surface area (Å²) in [4.78, 5) is 1.34. The molecule has 2 heteroatoms. The molecule has 0 aromatic heterocycles. The van der Waals surface area contributed by atoms with Crippen LogP contribution in [-0.2, 0) is 0 Å². The first kappa shape index (κ1) is 11.3. The molecule has 0 fully saturated rings. The van der Waals surface area contributed by atoms with Crippen molar-refractivity contribution in [3.05, 3.63) is 47.2 Å². The maximum absolute atomic E-state index is 5.65. The van der Waals surface area contributed by atoms with Gasteiger partial charge in [-0.25, -0.2) is 0 Å². The second-order valence-corrected chi connectivity index (χ2v) is 5.63. The van der Waals surface area contributed by atoms with Crippen molar-refractivity contribution in [2.45, 2.75) is 24.7 Å². The Morgan fingerprint density at radius 3 is 2.88 bits per heavy atom. The lowest BCUT2D eigenvalue weighted by molar-refractivity contribution is 0.308. The molecular weight excluding hydrogens is 216 g/mol. The van der Waals surface area contributed by atoms with E-state index in [1.165, 1.54) is 4.90 Å². The van der Waals surface area contributed by atoms with Crippen LogP contribution in [-0.4, -0.2) is 6.61 Å². The summed E-state index contributed by atoms with van der Waals surface area (Å²) in [6.07, 6.45) is 6.49. The predicted molar refractivity (Wildman–Crippen MR) is 71.2 cm³/mol. The Labute approximate surface area is 100 Å². The molecule has 0 aliphatic carbocycles. The topological polar surface area (TPSA) is 9.23 Å². The highest BCUT2D eigenvalue weighted by Gasteiger charge is 2.04. The van der Waals surface area contributed by atoms with Crippen LogP contribution >= 0.6 is 10.9 Å². The minimum atomic E-state index is -0.236. The number of ether oxygens (including phenoxy) is 1. The molecule has 0 atom stereocenters. The van der Waals surface area contributed by atoms with Crippen LogP contribution in [0.25, 0.3) is 0 Å². The van der Waals surface area contributed by atoms with Gasteiger partial charge in [0.05, 0.1) is 6.61 Å². The monoisotopic (exact) mass is 233 g/mol. The summed E-state index contributed by atoms with van der Waals surface area (Å²) in [6, 6.07) is 9.32. The zero-order valence-corrected chi connectivity index (χ0v) is 10.4. The van der Waals surface area contributed by atoms with Gasteiger partial charge >= 0.3 is 0 Å². The molecule has 16 heavy (non-hydrogen) atoms. The SMILES string of the molecule is CCCCOc1[c]ccc([SH]2C=CC=C2)c1. The van der Waals surface area contributed by atoms with Crippen molar-refractivity contribution in [3.8, 4) is 5.75 Å². The van der Waals surface area contributed by atoms with Gasteiger partial charge in [0.15, 0.2) is 0 Å². The molecule has 1 radical (unpaired) electrons. The Morgan fingerprint density at radius 2 is 2.12 bits per heavy atom. The summed E-state index contributed by atoms with van der Waals surface area (Å²) < 4.78 is 5.65. The zero-order valence-electron chi connectivity index (χ0n) is 9.52. The Morgan fingerprint density at radius 1 is 1.31 bits per heavy atom. The molecule has 85 valence electrons. The van der Waals surface area contributed by atoms with Gasteiger partial charge in [-0.1, -0.05) is 25.5 Å². The highest BCUT2D eigenvalue weighted by Crippen LogP contribution is 2.42. The van der Waals surface area contributed by atoms with Crippen LogP contribution in [0, 0.1) is 6.07 Å². The largest absolute Gasteiger partial charge is 0.493 e. The molecule has 0 saturated carbocycles. The summed E-state index contributed by atoms with van der Waals surface area (Å²) in [5, 5.41) is 4.50. The van der Waals surface area contributed by atoms with Crippen molar-refractivity contribution >= 4 is 10.9 Å². The number of hydrogen-bond acceptors (Lipinski definition) is 1. The lowest BCUT2D eigenvalue weighted by Crippen LogP contribution is -1.96.